The fraction of sp³-hybridized carbons (Fsp3) is 1.00. The summed E-state index contributed by atoms with van der Waals surface area (Å²) >= 11 is 0. The average Bonchev–Trinajstić information content (AvgIpc) is 2.30. The van der Waals surface area contributed by atoms with Crippen LogP contribution in [0.1, 0.15) is 58.3 Å². The highest BCUT2D eigenvalue weighted by molar-refractivity contribution is 4.78. The molecule has 0 bridgehead atoms. The van der Waals surface area contributed by atoms with Crippen LogP contribution in [0, 0.1) is 5.92 Å². The molecule has 2 fully saturated rings. The van der Waals surface area contributed by atoms with E-state index in [0.717, 1.165) is 31.6 Å². The molecule has 0 aromatic carbocycles. The molecule has 1 N–H and O–H groups in total. The van der Waals surface area contributed by atoms with E-state index in [-0.39, 0.29) is 6.10 Å². The summed E-state index contributed by atoms with van der Waals surface area (Å²) in [5, 5.41) is 18.4. The number of hydrogen-bond donors (Lipinski definition) is 1. The van der Waals surface area contributed by atoms with Crippen molar-refractivity contribution < 1.29 is 5.11 Å². The molecular formula is C13H24N2O. The van der Waals surface area contributed by atoms with Crippen LogP contribution in [0.5, 0.6) is 0 Å². The number of nitrogens with zero attached hydrogens (tertiary/aromatic N) is 2. The third kappa shape index (κ3) is 3.55. The van der Waals surface area contributed by atoms with Gasteiger partial charge in [-0.25, -0.2) is 0 Å². The van der Waals surface area contributed by atoms with Gasteiger partial charge >= 0.3 is 0 Å². The van der Waals surface area contributed by atoms with E-state index in [1.54, 1.807) is 0 Å². The zero-order valence-corrected chi connectivity index (χ0v) is 10.3. The van der Waals surface area contributed by atoms with Gasteiger partial charge in [0.15, 0.2) is 0 Å². The summed E-state index contributed by atoms with van der Waals surface area (Å²) in [5.74, 6) is 0.885. The van der Waals surface area contributed by atoms with Crippen LogP contribution in [0.25, 0.3) is 0 Å². The zero-order valence-electron chi connectivity index (χ0n) is 10.3. The zero-order chi connectivity index (χ0) is 11.4. The number of aliphatic hydroxyl groups is 1. The maximum atomic E-state index is 9.40. The monoisotopic (exact) mass is 224 g/mol. The van der Waals surface area contributed by atoms with Crippen molar-refractivity contribution in [3.63, 3.8) is 0 Å². The van der Waals surface area contributed by atoms with Crippen LogP contribution >= 0.6 is 0 Å². The van der Waals surface area contributed by atoms with Crippen molar-refractivity contribution in [1.82, 2.24) is 0 Å². The molecule has 0 atom stereocenters. The van der Waals surface area contributed by atoms with E-state index in [4.69, 9.17) is 0 Å². The predicted octanol–water partition coefficient (Wildman–Crippen LogP) is 3.32. The Morgan fingerprint density at radius 1 is 0.750 bits per heavy atom. The minimum atomic E-state index is -0.0815. The van der Waals surface area contributed by atoms with Gasteiger partial charge < -0.3 is 5.11 Å². The van der Waals surface area contributed by atoms with Crippen molar-refractivity contribution in [3.8, 4) is 0 Å². The van der Waals surface area contributed by atoms with Gasteiger partial charge in [-0.15, -0.1) is 0 Å². The summed E-state index contributed by atoms with van der Waals surface area (Å²) in [4.78, 5) is 0. The lowest BCUT2D eigenvalue weighted by Gasteiger charge is -2.24. The van der Waals surface area contributed by atoms with Crippen molar-refractivity contribution in [1.29, 1.82) is 0 Å². The number of rotatable bonds is 2. The Labute approximate surface area is 98.3 Å². The molecule has 2 aliphatic rings. The molecule has 2 aliphatic carbocycles. The third-order valence-electron chi connectivity index (χ3n) is 4.04. The molecule has 0 aromatic rings. The molecule has 0 unspecified atom stereocenters. The van der Waals surface area contributed by atoms with Crippen molar-refractivity contribution in [2.24, 2.45) is 16.1 Å². The molecule has 0 amide bonds. The minimum Gasteiger partial charge on any atom is -0.393 e. The Kier molecular flexibility index (Phi) is 4.33. The molecule has 0 spiro atoms. The van der Waals surface area contributed by atoms with Crippen molar-refractivity contribution >= 4 is 0 Å². The highest BCUT2D eigenvalue weighted by Gasteiger charge is 2.20. The summed E-state index contributed by atoms with van der Waals surface area (Å²) in [5.41, 5.74) is 0. The van der Waals surface area contributed by atoms with Gasteiger partial charge in [-0.3, -0.25) is 0 Å². The number of azo groups is 1. The van der Waals surface area contributed by atoms with E-state index in [9.17, 15) is 5.11 Å². The fourth-order valence-corrected chi connectivity index (χ4v) is 2.72. The van der Waals surface area contributed by atoms with E-state index in [1.807, 2.05) is 0 Å². The summed E-state index contributed by atoms with van der Waals surface area (Å²) in [6, 6.07) is 0.880. The van der Waals surface area contributed by atoms with Crippen LogP contribution in [0.2, 0.25) is 0 Å². The van der Waals surface area contributed by atoms with Crippen LogP contribution in [0.4, 0.5) is 0 Å². The number of aliphatic hydroxyl groups excluding tert-OH is 1. The second-order valence-corrected chi connectivity index (χ2v) is 5.61. The molecule has 0 heterocycles. The predicted molar refractivity (Wildman–Crippen MR) is 64.5 cm³/mol. The normalized spacial score (nSPS) is 41.4. The lowest BCUT2D eigenvalue weighted by Crippen LogP contribution is -2.21. The summed E-state index contributed by atoms with van der Waals surface area (Å²) in [6.45, 7) is 2.33. The van der Waals surface area contributed by atoms with E-state index < -0.39 is 0 Å². The molecule has 0 radical (unpaired) electrons. The van der Waals surface area contributed by atoms with Gasteiger partial charge in [-0.1, -0.05) is 6.92 Å². The summed E-state index contributed by atoms with van der Waals surface area (Å²) in [6.07, 6.45) is 8.85. The molecule has 0 saturated heterocycles. The summed E-state index contributed by atoms with van der Waals surface area (Å²) < 4.78 is 0. The molecule has 0 aliphatic heterocycles. The van der Waals surface area contributed by atoms with Crippen molar-refractivity contribution in [3.05, 3.63) is 0 Å². The van der Waals surface area contributed by atoms with Gasteiger partial charge in [0.2, 0.25) is 0 Å². The molecule has 92 valence electrons. The second kappa shape index (κ2) is 5.76. The van der Waals surface area contributed by atoms with Gasteiger partial charge in [0.05, 0.1) is 18.2 Å². The molecule has 16 heavy (non-hydrogen) atoms. The highest BCUT2D eigenvalue weighted by atomic mass is 16.3. The standard InChI is InChI=1S/C13H24N2O/c1-10-2-4-11(5-3-10)14-15-12-6-8-13(16)9-7-12/h10-13,16H,2-9H2,1H3. The highest BCUT2D eigenvalue weighted by Crippen LogP contribution is 2.27. The lowest BCUT2D eigenvalue weighted by molar-refractivity contribution is 0.122. The fourth-order valence-electron chi connectivity index (χ4n) is 2.72. The molecule has 2 saturated carbocycles. The quantitative estimate of drug-likeness (QED) is 0.718. The van der Waals surface area contributed by atoms with Gasteiger partial charge in [0.25, 0.3) is 0 Å². The van der Waals surface area contributed by atoms with Gasteiger partial charge in [-0.2, -0.15) is 10.2 Å². The second-order valence-electron chi connectivity index (χ2n) is 5.61. The molecule has 3 heteroatoms. The molecule has 0 aromatic heterocycles. The van der Waals surface area contributed by atoms with Gasteiger partial charge in [-0.05, 0) is 57.3 Å². The Balaban J connectivity index is 1.72. The smallest absolute Gasteiger partial charge is 0.0710 e. The van der Waals surface area contributed by atoms with Crippen molar-refractivity contribution in [2.45, 2.75) is 76.5 Å². The Morgan fingerprint density at radius 2 is 1.19 bits per heavy atom. The average molecular weight is 224 g/mol. The lowest BCUT2D eigenvalue weighted by atomic mass is 9.88. The SMILES string of the molecule is CC1CCC(N=NC2CCC(O)CC2)CC1. The first kappa shape index (κ1) is 12.0. The Hall–Kier alpha value is -0.440. The largest absolute Gasteiger partial charge is 0.393 e. The maximum absolute atomic E-state index is 9.40. The van der Waals surface area contributed by atoms with Crippen LogP contribution in [0.15, 0.2) is 10.2 Å². The first-order valence-electron chi connectivity index (χ1n) is 6.82. The van der Waals surface area contributed by atoms with Crippen LogP contribution < -0.4 is 0 Å². The molecule has 3 nitrogen and oxygen atoms in total. The van der Waals surface area contributed by atoms with Crippen LogP contribution in [0.3, 0.4) is 0 Å². The Morgan fingerprint density at radius 3 is 1.69 bits per heavy atom. The first-order chi connectivity index (χ1) is 7.74. The summed E-state index contributed by atoms with van der Waals surface area (Å²) in [7, 11) is 0. The van der Waals surface area contributed by atoms with E-state index in [1.165, 1.54) is 25.7 Å². The van der Waals surface area contributed by atoms with E-state index in [0.29, 0.717) is 12.1 Å². The topological polar surface area (TPSA) is 45.0 Å². The first-order valence-corrected chi connectivity index (χ1v) is 6.82. The van der Waals surface area contributed by atoms with E-state index >= 15 is 0 Å². The number of hydrogen-bond acceptors (Lipinski definition) is 3. The van der Waals surface area contributed by atoms with Crippen molar-refractivity contribution in [2.75, 3.05) is 0 Å². The third-order valence-corrected chi connectivity index (χ3v) is 4.04. The van der Waals surface area contributed by atoms with Gasteiger partial charge in [0.1, 0.15) is 0 Å². The Bertz CT molecular complexity index is 202. The maximum Gasteiger partial charge on any atom is 0.0710 e. The van der Waals surface area contributed by atoms with E-state index in [2.05, 4.69) is 17.2 Å². The molecule has 2 rings (SSSR count). The van der Waals surface area contributed by atoms with Gasteiger partial charge in [0, 0.05) is 0 Å². The van der Waals surface area contributed by atoms with Crippen LogP contribution in [-0.4, -0.2) is 23.3 Å². The van der Waals surface area contributed by atoms with Crippen LogP contribution in [-0.2, 0) is 0 Å². The minimum absolute atomic E-state index is 0.0815. The molecular weight excluding hydrogens is 200 g/mol.